The number of benzene rings is 1. The lowest BCUT2D eigenvalue weighted by Gasteiger charge is -2.29. The highest BCUT2D eigenvalue weighted by atomic mass is 16.5. The second-order valence-electron chi connectivity index (χ2n) is 7.13. The summed E-state index contributed by atoms with van der Waals surface area (Å²) in [6, 6.07) is 7.66. The first kappa shape index (κ1) is 18.9. The molecule has 1 aliphatic rings. The van der Waals surface area contributed by atoms with Crippen molar-refractivity contribution in [3.8, 4) is 17.6 Å². The van der Waals surface area contributed by atoms with Crippen molar-refractivity contribution in [3.63, 3.8) is 0 Å². The molecule has 2 heteroatoms. The predicted molar refractivity (Wildman–Crippen MR) is 100 cm³/mol. The first-order valence-electron chi connectivity index (χ1n) is 9.55. The lowest BCUT2D eigenvalue weighted by atomic mass is 9.78. The van der Waals surface area contributed by atoms with E-state index < -0.39 is 6.10 Å². The molecule has 0 spiro atoms. The number of hydrogen-bond donors (Lipinski definition) is 1. The van der Waals surface area contributed by atoms with Gasteiger partial charge in [-0.05, 0) is 42.5 Å². The van der Waals surface area contributed by atoms with E-state index >= 15 is 0 Å². The van der Waals surface area contributed by atoms with Crippen LogP contribution in [0.3, 0.4) is 0 Å². The SMILES string of the molecule is CCCCCC1CCC(CC(O)C#Cc2ccc(OC)cc2)CC1. The molecule has 1 saturated carbocycles. The van der Waals surface area contributed by atoms with Crippen LogP contribution in [0.5, 0.6) is 5.75 Å². The Balaban J connectivity index is 1.71. The molecule has 0 aromatic heterocycles. The summed E-state index contributed by atoms with van der Waals surface area (Å²) in [6.45, 7) is 2.27. The third kappa shape index (κ3) is 6.57. The molecule has 24 heavy (non-hydrogen) atoms. The standard InChI is InChI=1S/C22H32O2/c1-3-4-5-6-18-7-9-20(10-8-18)17-21(23)14-11-19-12-15-22(24-2)16-13-19/h12-13,15-16,18,20-21,23H,3-10,17H2,1-2H3. The van der Waals surface area contributed by atoms with E-state index in [0.717, 1.165) is 23.7 Å². The van der Waals surface area contributed by atoms with Crippen LogP contribution in [-0.4, -0.2) is 18.3 Å². The van der Waals surface area contributed by atoms with Crippen LogP contribution < -0.4 is 4.74 Å². The van der Waals surface area contributed by atoms with Crippen molar-refractivity contribution >= 4 is 0 Å². The van der Waals surface area contributed by atoms with Gasteiger partial charge in [0, 0.05) is 5.56 Å². The molecule has 0 bridgehead atoms. The molecule has 1 aliphatic carbocycles. The van der Waals surface area contributed by atoms with Crippen molar-refractivity contribution in [1.29, 1.82) is 0 Å². The fourth-order valence-electron chi connectivity index (χ4n) is 3.65. The smallest absolute Gasteiger partial charge is 0.118 e. The van der Waals surface area contributed by atoms with Gasteiger partial charge in [0.2, 0.25) is 0 Å². The Morgan fingerprint density at radius 2 is 1.75 bits per heavy atom. The summed E-state index contributed by atoms with van der Waals surface area (Å²) >= 11 is 0. The Kier molecular flexibility index (Phi) is 8.19. The molecule has 0 radical (unpaired) electrons. The number of hydrogen-bond acceptors (Lipinski definition) is 2. The van der Waals surface area contributed by atoms with Crippen LogP contribution in [0, 0.1) is 23.7 Å². The average Bonchev–Trinajstić information content (AvgIpc) is 2.62. The van der Waals surface area contributed by atoms with Gasteiger partial charge in [-0.25, -0.2) is 0 Å². The molecule has 0 aliphatic heterocycles. The maximum Gasteiger partial charge on any atom is 0.118 e. The minimum absolute atomic E-state index is 0.506. The molecule has 2 rings (SSSR count). The molecule has 1 atom stereocenters. The molecular weight excluding hydrogens is 296 g/mol. The number of unbranched alkanes of at least 4 members (excludes halogenated alkanes) is 2. The van der Waals surface area contributed by atoms with Gasteiger partial charge in [-0.2, -0.15) is 0 Å². The van der Waals surface area contributed by atoms with Crippen molar-refractivity contribution in [2.45, 2.75) is 70.8 Å². The van der Waals surface area contributed by atoms with Crippen LogP contribution in [0.1, 0.15) is 70.3 Å². The predicted octanol–water partition coefficient (Wildman–Crippen LogP) is 5.18. The highest BCUT2D eigenvalue weighted by Gasteiger charge is 2.22. The molecule has 1 aromatic rings. The van der Waals surface area contributed by atoms with Gasteiger partial charge in [-0.1, -0.05) is 70.1 Å². The maximum absolute atomic E-state index is 10.2. The average molecular weight is 328 g/mol. The lowest BCUT2D eigenvalue weighted by Crippen LogP contribution is -2.19. The third-order valence-electron chi connectivity index (χ3n) is 5.21. The molecule has 1 unspecified atom stereocenters. The number of methoxy groups -OCH3 is 1. The maximum atomic E-state index is 10.2. The molecule has 1 aromatic carbocycles. The van der Waals surface area contributed by atoms with Crippen molar-refractivity contribution in [1.82, 2.24) is 0 Å². The van der Waals surface area contributed by atoms with Crippen LogP contribution in [0.25, 0.3) is 0 Å². The molecule has 2 nitrogen and oxygen atoms in total. The normalized spacial score (nSPS) is 21.6. The largest absolute Gasteiger partial charge is 0.497 e. The zero-order valence-electron chi connectivity index (χ0n) is 15.3. The van der Waals surface area contributed by atoms with E-state index in [1.165, 1.54) is 51.4 Å². The van der Waals surface area contributed by atoms with Crippen LogP contribution in [-0.2, 0) is 0 Å². The number of aliphatic hydroxyl groups excluding tert-OH is 1. The Morgan fingerprint density at radius 1 is 1.08 bits per heavy atom. The first-order chi connectivity index (χ1) is 11.7. The lowest BCUT2D eigenvalue weighted by molar-refractivity contribution is 0.161. The summed E-state index contributed by atoms with van der Waals surface area (Å²) in [5, 5.41) is 10.2. The second kappa shape index (κ2) is 10.4. The van der Waals surface area contributed by atoms with E-state index in [2.05, 4.69) is 18.8 Å². The van der Waals surface area contributed by atoms with Crippen LogP contribution in [0.15, 0.2) is 24.3 Å². The molecule has 1 fully saturated rings. The van der Waals surface area contributed by atoms with E-state index in [9.17, 15) is 5.11 Å². The Morgan fingerprint density at radius 3 is 2.38 bits per heavy atom. The van der Waals surface area contributed by atoms with Gasteiger partial charge in [0.15, 0.2) is 0 Å². The number of ether oxygens (including phenoxy) is 1. The van der Waals surface area contributed by atoms with E-state index in [4.69, 9.17) is 4.74 Å². The summed E-state index contributed by atoms with van der Waals surface area (Å²) in [4.78, 5) is 0. The monoisotopic (exact) mass is 328 g/mol. The zero-order chi connectivity index (χ0) is 17.2. The van der Waals surface area contributed by atoms with Gasteiger partial charge in [0.1, 0.15) is 11.9 Å². The second-order valence-corrected chi connectivity index (χ2v) is 7.13. The summed E-state index contributed by atoms with van der Waals surface area (Å²) in [5.41, 5.74) is 0.925. The Labute approximate surface area is 147 Å². The Hall–Kier alpha value is -1.46. The molecule has 1 N–H and O–H groups in total. The van der Waals surface area contributed by atoms with Crippen molar-refractivity contribution < 1.29 is 9.84 Å². The summed E-state index contributed by atoms with van der Waals surface area (Å²) in [5.74, 6) is 8.48. The van der Waals surface area contributed by atoms with Gasteiger partial charge in [0.25, 0.3) is 0 Å². The fourth-order valence-corrected chi connectivity index (χ4v) is 3.65. The van der Waals surface area contributed by atoms with Gasteiger partial charge in [-0.3, -0.25) is 0 Å². The summed E-state index contributed by atoms with van der Waals surface area (Å²) in [6.07, 6.45) is 11.0. The van der Waals surface area contributed by atoms with E-state index in [1.807, 2.05) is 24.3 Å². The van der Waals surface area contributed by atoms with Crippen LogP contribution in [0.2, 0.25) is 0 Å². The highest BCUT2D eigenvalue weighted by molar-refractivity contribution is 5.38. The summed E-state index contributed by atoms with van der Waals surface area (Å²) in [7, 11) is 1.66. The van der Waals surface area contributed by atoms with Crippen LogP contribution >= 0.6 is 0 Å². The molecule has 0 saturated heterocycles. The minimum Gasteiger partial charge on any atom is -0.497 e. The number of rotatable bonds is 7. The third-order valence-corrected chi connectivity index (χ3v) is 5.21. The molecule has 132 valence electrons. The highest BCUT2D eigenvalue weighted by Crippen LogP contribution is 2.34. The quantitative estimate of drug-likeness (QED) is 0.552. The van der Waals surface area contributed by atoms with Gasteiger partial charge in [0.05, 0.1) is 7.11 Å². The van der Waals surface area contributed by atoms with Crippen molar-refractivity contribution in [3.05, 3.63) is 29.8 Å². The zero-order valence-corrected chi connectivity index (χ0v) is 15.3. The molecule has 0 heterocycles. The van der Waals surface area contributed by atoms with E-state index in [0.29, 0.717) is 5.92 Å². The van der Waals surface area contributed by atoms with E-state index in [1.54, 1.807) is 7.11 Å². The molecule has 0 amide bonds. The minimum atomic E-state index is -0.506. The van der Waals surface area contributed by atoms with E-state index in [-0.39, 0.29) is 0 Å². The first-order valence-corrected chi connectivity index (χ1v) is 9.55. The number of aliphatic hydroxyl groups is 1. The van der Waals surface area contributed by atoms with Crippen molar-refractivity contribution in [2.24, 2.45) is 11.8 Å². The topological polar surface area (TPSA) is 29.5 Å². The fraction of sp³-hybridized carbons (Fsp3) is 0.636. The van der Waals surface area contributed by atoms with Gasteiger partial charge < -0.3 is 9.84 Å². The van der Waals surface area contributed by atoms with Crippen LogP contribution in [0.4, 0.5) is 0 Å². The Bertz CT molecular complexity index is 515. The summed E-state index contributed by atoms with van der Waals surface area (Å²) < 4.78 is 5.14. The van der Waals surface area contributed by atoms with Crippen molar-refractivity contribution in [2.75, 3.05) is 7.11 Å². The van der Waals surface area contributed by atoms with Gasteiger partial charge >= 0.3 is 0 Å². The molecular formula is C22H32O2. The van der Waals surface area contributed by atoms with Gasteiger partial charge in [-0.15, -0.1) is 0 Å².